The number of esters is 1. The Morgan fingerprint density at radius 2 is 1.93 bits per heavy atom. The molecule has 0 radical (unpaired) electrons. The molecule has 2 aromatic carbocycles. The minimum atomic E-state index is -0.881. The molecular formula is C18H13ClFN3O4. The number of benzene rings is 2. The Labute approximate surface area is 157 Å². The monoisotopic (exact) mass is 389 g/mol. The molecule has 0 bridgehead atoms. The fourth-order valence-corrected chi connectivity index (χ4v) is 2.59. The first-order valence-electron chi connectivity index (χ1n) is 7.75. The molecule has 9 heteroatoms. The van der Waals surface area contributed by atoms with E-state index in [1.54, 1.807) is 24.3 Å². The van der Waals surface area contributed by atoms with Crippen LogP contribution < -0.4 is 10.9 Å². The van der Waals surface area contributed by atoms with Gasteiger partial charge in [0.25, 0.3) is 11.5 Å². The highest BCUT2D eigenvalue weighted by Crippen LogP contribution is 2.19. The predicted molar refractivity (Wildman–Crippen MR) is 97.3 cm³/mol. The molecule has 3 aromatic rings. The third-order valence-corrected chi connectivity index (χ3v) is 3.92. The van der Waals surface area contributed by atoms with E-state index in [1.165, 1.54) is 19.2 Å². The van der Waals surface area contributed by atoms with Gasteiger partial charge in [0.15, 0.2) is 12.3 Å². The van der Waals surface area contributed by atoms with Crippen molar-refractivity contribution in [3.8, 4) is 0 Å². The molecule has 0 aliphatic heterocycles. The molecule has 0 saturated heterocycles. The summed E-state index contributed by atoms with van der Waals surface area (Å²) >= 11 is 5.64. The second-order valence-electron chi connectivity index (χ2n) is 5.57. The number of fused-ring (bicyclic) bond motifs is 1. The fourth-order valence-electron chi connectivity index (χ4n) is 2.43. The molecule has 0 aliphatic carbocycles. The van der Waals surface area contributed by atoms with Gasteiger partial charge >= 0.3 is 5.97 Å². The molecule has 0 atom stereocenters. The van der Waals surface area contributed by atoms with Gasteiger partial charge in [0.05, 0.1) is 11.1 Å². The second-order valence-corrected chi connectivity index (χ2v) is 6.01. The second kappa shape index (κ2) is 7.55. The number of ether oxygens (including phenoxy) is 1. The van der Waals surface area contributed by atoms with Gasteiger partial charge in [-0.3, -0.25) is 9.59 Å². The maximum Gasteiger partial charge on any atom is 0.359 e. The molecule has 1 aromatic heterocycles. The standard InChI is InChI=1S/C18H13ClFN3O4/c1-23-17(25)12-5-3-2-4-11(12)16(22-23)18(26)27-9-15(24)21-14-7-6-10(19)8-13(14)20/h2-8H,9H2,1H3,(H,21,24). The number of aryl methyl sites for hydroxylation is 1. The van der Waals surface area contributed by atoms with Crippen LogP contribution in [0.5, 0.6) is 0 Å². The molecule has 3 rings (SSSR count). The highest BCUT2D eigenvalue weighted by atomic mass is 35.5. The van der Waals surface area contributed by atoms with Crippen LogP contribution in [0.1, 0.15) is 10.5 Å². The third kappa shape index (κ3) is 3.95. The van der Waals surface area contributed by atoms with Gasteiger partial charge in [-0.15, -0.1) is 0 Å². The van der Waals surface area contributed by atoms with E-state index in [2.05, 4.69) is 10.4 Å². The lowest BCUT2D eigenvalue weighted by Gasteiger charge is -2.09. The van der Waals surface area contributed by atoms with Crippen molar-refractivity contribution in [1.29, 1.82) is 0 Å². The van der Waals surface area contributed by atoms with E-state index in [9.17, 15) is 18.8 Å². The number of aromatic nitrogens is 2. The van der Waals surface area contributed by atoms with Crippen LogP contribution in [-0.4, -0.2) is 28.3 Å². The molecule has 0 unspecified atom stereocenters. The summed E-state index contributed by atoms with van der Waals surface area (Å²) in [5.74, 6) is -2.33. The number of rotatable bonds is 4. The van der Waals surface area contributed by atoms with Crippen molar-refractivity contribution in [1.82, 2.24) is 9.78 Å². The number of halogens is 2. The fraction of sp³-hybridized carbons (Fsp3) is 0.111. The summed E-state index contributed by atoms with van der Waals surface area (Å²) in [5, 5.41) is 6.99. The highest BCUT2D eigenvalue weighted by Gasteiger charge is 2.18. The third-order valence-electron chi connectivity index (χ3n) is 3.69. The number of hydrogen-bond acceptors (Lipinski definition) is 5. The van der Waals surface area contributed by atoms with Gasteiger partial charge < -0.3 is 10.1 Å². The zero-order valence-corrected chi connectivity index (χ0v) is 14.8. The van der Waals surface area contributed by atoms with E-state index in [4.69, 9.17) is 16.3 Å². The summed E-state index contributed by atoms with van der Waals surface area (Å²) in [4.78, 5) is 36.3. The van der Waals surface area contributed by atoms with E-state index in [0.29, 0.717) is 10.8 Å². The molecule has 0 spiro atoms. The topological polar surface area (TPSA) is 90.3 Å². The summed E-state index contributed by atoms with van der Waals surface area (Å²) in [6.45, 7) is -0.653. The lowest BCUT2D eigenvalue weighted by Crippen LogP contribution is -2.26. The molecule has 1 N–H and O–H groups in total. The van der Waals surface area contributed by atoms with Crippen molar-refractivity contribution in [3.63, 3.8) is 0 Å². The number of nitrogens with one attached hydrogen (secondary N) is 1. The predicted octanol–water partition coefficient (Wildman–Crippen LogP) is 2.52. The van der Waals surface area contributed by atoms with Crippen LogP contribution in [0.2, 0.25) is 5.02 Å². The minimum absolute atomic E-state index is 0.0915. The number of nitrogens with zero attached hydrogens (tertiary/aromatic N) is 2. The maximum absolute atomic E-state index is 13.7. The van der Waals surface area contributed by atoms with Crippen molar-refractivity contribution in [2.75, 3.05) is 11.9 Å². The first-order valence-corrected chi connectivity index (χ1v) is 8.12. The van der Waals surface area contributed by atoms with Gasteiger partial charge in [-0.1, -0.05) is 29.8 Å². The van der Waals surface area contributed by atoms with Crippen LogP contribution in [0.4, 0.5) is 10.1 Å². The van der Waals surface area contributed by atoms with Gasteiger partial charge in [0.2, 0.25) is 0 Å². The highest BCUT2D eigenvalue weighted by molar-refractivity contribution is 6.30. The van der Waals surface area contributed by atoms with Crippen LogP contribution in [0.3, 0.4) is 0 Å². The largest absolute Gasteiger partial charge is 0.451 e. The van der Waals surface area contributed by atoms with Gasteiger partial charge in [-0.05, 0) is 24.3 Å². The Bertz CT molecular complexity index is 1110. The first-order chi connectivity index (χ1) is 12.9. The van der Waals surface area contributed by atoms with Crippen molar-refractivity contribution < 1.29 is 18.7 Å². The number of anilines is 1. The average molecular weight is 390 g/mol. The summed E-state index contributed by atoms with van der Waals surface area (Å²) in [6.07, 6.45) is 0. The van der Waals surface area contributed by atoms with E-state index < -0.39 is 24.3 Å². The van der Waals surface area contributed by atoms with Gasteiger partial charge in [0.1, 0.15) is 5.82 Å². The molecule has 0 saturated carbocycles. The zero-order chi connectivity index (χ0) is 19.6. The molecule has 27 heavy (non-hydrogen) atoms. The van der Waals surface area contributed by atoms with Crippen LogP contribution in [0, 0.1) is 5.82 Å². The van der Waals surface area contributed by atoms with E-state index in [1.807, 2.05) is 0 Å². The molecule has 0 aliphatic rings. The lowest BCUT2D eigenvalue weighted by atomic mass is 10.1. The summed E-state index contributed by atoms with van der Waals surface area (Å²) in [6, 6.07) is 10.2. The minimum Gasteiger partial charge on any atom is -0.451 e. The number of amides is 1. The number of carbonyl (C=O) groups is 2. The van der Waals surface area contributed by atoms with Crippen LogP contribution in [0.25, 0.3) is 10.8 Å². The van der Waals surface area contributed by atoms with Crippen molar-refractivity contribution in [3.05, 3.63) is 69.4 Å². The molecule has 0 fully saturated rings. The lowest BCUT2D eigenvalue weighted by molar-refractivity contribution is -0.119. The maximum atomic E-state index is 13.7. The first kappa shape index (κ1) is 18.5. The summed E-state index contributed by atoms with van der Waals surface area (Å²) < 4.78 is 19.6. The van der Waals surface area contributed by atoms with Gasteiger partial charge in [-0.2, -0.15) is 5.10 Å². The molecule has 7 nitrogen and oxygen atoms in total. The number of carbonyl (C=O) groups excluding carboxylic acids is 2. The van der Waals surface area contributed by atoms with Crippen LogP contribution in [-0.2, 0) is 16.6 Å². The van der Waals surface area contributed by atoms with Crippen molar-refractivity contribution >= 4 is 39.9 Å². The van der Waals surface area contributed by atoms with Crippen molar-refractivity contribution in [2.45, 2.75) is 0 Å². The molecule has 138 valence electrons. The Balaban J connectivity index is 1.75. The van der Waals surface area contributed by atoms with Crippen molar-refractivity contribution in [2.24, 2.45) is 7.05 Å². The Kier molecular flexibility index (Phi) is 5.18. The number of hydrogen-bond donors (Lipinski definition) is 1. The van der Waals surface area contributed by atoms with Gasteiger partial charge in [0, 0.05) is 17.5 Å². The van der Waals surface area contributed by atoms with E-state index in [0.717, 1.165) is 10.7 Å². The van der Waals surface area contributed by atoms with E-state index >= 15 is 0 Å². The zero-order valence-electron chi connectivity index (χ0n) is 14.0. The normalized spacial score (nSPS) is 10.6. The smallest absolute Gasteiger partial charge is 0.359 e. The van der Waals surface area contributed by atoms with Gasteiger partial charge in [-0.25, -0.2) is 13.9 Å². The van der Waals surface area contributed by atoms with Crippen LogP contribution >= 0.6 is 11.6 Å². The SMILES string of the molecule is Cn1nc(C(=O)OCC(=O)Nc2ccc(Cl)cc2F)c2ccccc2c1=O. The van der Waals surface area contributed by atoms with Crippen LogP contribution in [0.15, 0.2) is 47.3 Å². The quantitative estimate of drug-likeness (QED) is 0.692. The Hall–Kier alpha value is -3.26. The molecular weight excluding hydrogens is 377 g/mol. The Morgan fingerprint density at radius 3 is 2.63 bits per heavy atom. The van der Waals surface area contributed by atoms with E-state index in [-0.39, 0.29) is 22.0 Å². The molecule has 1 heterocycles. The molecule has 1 amide bonds. The Morgan fingerprint density at radius 1 is 1.22 bits per heavy atom. The summed E-state index contributed by atoms with van der Waals surface area (Å²) in [5.41, 5.74) is -0.553. The summed E-state index contributed by atoms with van der Waals surface area (Å²) in [7, 11) is 1.40. The average Bonchev–Trinajstić information content (AvgIpc) is 2.65.